The van der Waals surface area contributed by atoms with Crippen LogP contribution in [0, 0.1) is 5.41 Å². The minimum atomic E-state index is -0.126. The molecule has 0 heterocycles. The van der Waals surface area contributed by atoms with Crippen molar-refractivity contribution in [2.45, 2.75) is 48.5 Å². The van der Waals surface area contributed by atoms with Crippen LogP contribution in [0.3, 0.4) is 0 Å². The van der Waals surface area contributed by atoms with Crippen LogP contribution in [0.15, 0.2) is 21.2 Å². The van der Waals surface area contributed by atoms with Gasteiger partial charge in [-0.1, -0.05) is 0 Å². The van der Waals surface area contributed by atoms with Crippen molar-refractivity contribution in [3.05, 3.63) is 21.2 Å². The molecule has 0 aromatic heterocycles. The Morgan fingerprint density at radius 1 is 0.933 bits per heavy atom. The average Bonchev–Trinajstić information content (AvgIpc) is 2.34. The Hall–Kier alpha value is -0.274. The summed E-state index contributed by atoms with van der Waals surface area (Å²) in [6, 6.07) is 0. The van der Waals surface area contributed by atoms with Gasteiger partial charge in [0.2, 0.25) is 0 Å². The zero-order valence-corrected chi connectivity index (χ0v) is 12.0. The third kappa shape index (κ3) is 1.88. The van der Waals surface area contributed by atoms with E-state index in [4.69, 9.17) is 0 Å². The number of hydrogen-bond acceptors (Lipinski definition) is 0. The van der Waals surface area contributed by atoms with Crippen molar-refractivity contribution in [2.24, 2.45) is 5.41 Å². The summed E-state index contributed by atoms with van der Waals surface area (Å²) in [6.45, 7) is 15.9. The van der Waals surface area contributed by atoms with Gasteiger partial charge in [0.15, 0.2) is 0 Å². The molecule has 0 N–H and O–H groups in total. The average molecular weight is 250 g/mol. The van der Waals surface area contributed by atoms with E-state index in [-0.39, 0.29) is 18.2 Å². The molecule has 0 nitrogen and oxygen atoms in total. The number of rotatable bonds is 1. The molecular weight excluding hydrogens is 227 g/mol. The summed E-state index contributed by atoms with van der Waals surface area (Å²) in [6.07, 6.45) is 0. The van der Waals surface area contributed by atoms with Gasteiger partial charge in [0.05, 0.1) is 0 Å². The molecule has 0 saturated heterocycles. The van der Waals surface area contributed by atoms with Crippen LogP contribution >= 0.6 is 0 Å². The van der Waals surface area contributed by atoms with Crippen LogP contribution in [-0.2, 0) is 12.8 Å². The Balaban J connectivity index is 3.49. The molecule has 0 spiro atoms. The molecule has 0 radical (unpaired) electrons. The van der Waals surface area contributed by atoms with Gasteiger partial charge in [0, 0.05) is 0 Å². The molecular formula is C14H23Co. The minimum absolute atomic E-state index is 0.126. The summed E-state index contributed by atoms with van der Waals surface area (Å²) in [5, 5.41) is 0. The van der Waals surface area contributed by atoms with E-state index in [0.717, 1.165) is 0 Å². The third-order valence-corrected chi connectivity index (χ3v) is 6.44. The fraction of sp³-hybridized carbons (Fsp3) is 0.571. The molecule has 88 valence electrons. The van der Waals surface area contributed by atoms with Crippen molar-refractivity contribution in [1.29, 1.82) is 0 Å². The molecule has 0 fully saturated rings. The summed E-state index contributed by atoms with van der Waals surface area (Å²) in [4.78, 5) is 4.72. The Bertz CT molecular complexity index is 412. The van der Waals surface area contributed by atoms with Crippen molar-refractivity contribution in [3.63, 3.8) is 0 Å². The maximum absolute atomic E-state index is 2.36. The first-order valence-corrected chi connectivity index (χ1v) is 7.18. The van der Waals surface area contributed by atoms with Crippen molar-refractivity contribution < 1.29 is 12.8 Å². The SMILES string of the molecule is C/[CH]=[Co](=[CH]/C)/[C]1=C(C)C(C)=C(C)C1(C)C. The van der Waals surface area contributed by atoms with Crippen LogP contribution in [0.2, 0.25) is 0 Å². The van der Waals surface area contributed by atoms with E-state index in [1.54, 1.807) is 10.1 Å². The fourth-order valence-electron chi connectivity index (χ4n) is 2.22. The third-order valence-electron chi connectivity index (χ3n) is 3.50. The van der Waals surface area contributed by atoms with Gasteiger partial charge in [-0.25, -0.2) is 0 Å². The molecule has 0 atom stereocenters. The number of allylic oxidation sites excluding steroid dienone is 4. The predicted octanol–water partition coefficient (Wildman–Crippen LogP) is 3.90. The second-order valence-corrected chi connectivity index (χ2v) is 7.15. The zero-order valence-electron chi connectivity index (χ0n) is 11.0. The van der Waals surface area contributed by atoms with E-state index in [0.29, 0.717) is 0 Å². The number of hydrogen-bond donors (Lipinski definition) is 0. The van der Waals surface area contributed by atoms with Gasteiger partial charge < -0.3 is 0 Å². The van der Waals surface area contributed by atoms with E-state index in [1.165, 1.54) is 11.1 Å². The molecule has 0 aromatic rings. The Morgan fingerprint density at radius 2 is 1.40 bits per heavy atom. The molecule has 0 bridgehead atoms. The van der Waals surface area contributed by atoms with Crippen molar-refractivity contribution in [1.82, 2.24) is 0 Å². The molecule has 0 saturated carbocycles. The van der Waals surface area contributed by atoms with Crippen LogP contribution in [-0.4, -0.2) is 9.91 Å². The molecule has 0 amide bonds. The summed E-state index contributed by atoms with van der Waals surface area (Å²) in [7, 11) is 0. The van der Waals surface area contributed by atoms with Crippen LogP contribution in [0.5, 0.6) is 0 Å². The van der Waals surface area contributed by atoms with Gasteiger partial charge >= 0.3 is 97.8 Å². The molecule has 1 aliphatic rings. The van der Waals surface area contributed by atoms with E-state index in [9.17, 15) is 0 Å². The summed E-state index contributed by atoms with van der Waals surface area (Å²) in [5.41, 5.74) is 4.84. The maximum atomic E-state index is 2.36. The first-order valence-electron chi connectivity index (χ1n) is 5.46. The van der Waals surface area contributed by atoms with Gasteiger partial charge in [-0.2, -0.15) is 0 Å². The van der Waals surface area contributed by atoms with Crippen molar-refractivity contribution >= 4 is 9.91 Å². The van der Waals surface area contributed by atoms with Crippen molar-refractivity contribution in [2.75, 3.05) is 0 Å². The van der Waals surface area contributed by atoms with Crippen LogP contribution in [0.4, 0.5) is 0 Å². The predicted molar refractivity (Wildman–Crippen MR) is 68.3 cm³/mol. The Kier molecular flexibility index (Phi) is 3.67. The van der Waals surface area contributed by atoms with Gasteiger partial charge in [0.1, 0.15) is 0 Å². The standard InChI is InChI=1S/C10H15.2C2H4.Co/c1-7-6-10(4,5)9(3)8(7)2;2*1-2;/h1-5H3;2*1H,2H3;. The normalized spacial score (nSPS) is 24.3. The van der Waals surface area contributed by atoms with E-state index >= 15 is 0 Å². The van der Waals surface area contributed by atoms with Crippen LogP contribution in [0.25, 0.3) is 0 Å². The first-order chi connectivity index (χ1) is 6.87. The Labute approximate surface area is 97.9 Å². The molecule has 15 heavy (non-hydrogen) atoms. The van der Waals surface area contributed by atoms with E-state index < -0.39 is 0 Å². The molecule has 1 rings (SSSR count). The quantitative estimate of drug-likeness (QED) is 0.662. The summed E-state index contributed by atoms with van der Waals surface area (Å²) < 4.78 is 1.65. The van der Waals surface area contributed by atoms with Crippen LogP contribution in [0.1, 0.15) is 48.5 Å². The summed E-state index contributed by atoms with van der Waals surface area (Å²) in [5.74, 6) is 0. The molecule has 0 aliphatic heterocycles. The van der Waals surface area contributed by atoms with Crippen LogP contribution < -0.4 is 0 Å². The zero-order chi connectivity index (χ0) is 11.8. The molecule has 0 unspecified atom stereocenters. The Morgan fingerprint density at radius 3 is 1.67 bits per heavy atom. The van der Waals surface area contributed by atoms with E-state index in [2.05, 4.69) is 58.4 Å². The van der Waals surface area contributed by atoms with E-state index in [1.807, 2.05) is 0 Å². The molecule has 0 aromatic carbocycles. The molecule has 1 aliphatic carbocycles. The van der Waals surface area contributed by atoms with Gasteiger partial charge in [-0.05, 0) is 0 Å². The van der Waals surface area contributed by atoms with Crippen molar-refractivity contribution in [3.8, 4) is 0 Å². The topological polar surface area (TPSA) is 0 Å². The first kappa shape index (κ1) is 12.8. The van der Waals surface area contributed by atoms with Gasteiger partial charge in [0.25, 0.3) is 0 Å². The summed E-state index contributed by atoms with van der Waals surface area (Å²) >= 11 is -0.126. The second-order valence-electron chi connectivity index (χ2n) is 4.48. The van der Waals surface area contributed by atoms with Gasteiger partial charge in [-0.15, -0.1) is 0 Å². The fourth-order valence-corrected chi connectivity index (χ4v) is 4.76. The second kappa shape index (κ2) is 4.30. The van der Waals surface area contributed by atoms with Gasteiger partial charge in [-0.3, -0.25) is 0 Å². The molecule has 1 heteroatoms. The monoisotopic (exact) mass is 250 g/mol.